The van der Waals surface area contributed by atoms with E-state index >= 15 is 0 Å². The maximum absolute atomic E-state index is 10.4. The van der Waals surface area contributed by atoms with Crippen LogP contribution in [-0.2, 0) is 20.2 Å². The third-order valence-corrected chi connectivity index (χ3v) is 3.82. The monoisotopic (exact) mass is 352 g/mol. The lowest BCUT2D eigenvalue weighted by Gasteiger charge is -1.92. The fourth-order valence-corrected chi connectivity index (χ4v) is 2.19. The summed E-state index contributed by atoms with van der Waals surface area (Å²) in [5, 5.41) is 0. The van der Waals surface area contributed by atoms with Crippen LogP contribution in [0.15, 0.2) is 70.5 Å². The zero-order chi connectivity index (χ0) is 15.2. The lowest BCUT2D eigenvalue weighted by Crippen LogP contribution is -1.96. The predicted octanol–water partition coefficient (Wildman–Crippen LogP) is 0.217. The lowest BCUT2D eigenvalue weighted by molar-refractivity contribution is 0.481. The van der Waals surface area contributed by atoms with Gasteiger partial charge in [-0.1, -0.05) is 36.4 Å². The van der Waals surface area contributed by atoms with Crippen molar-refractivity contribution in [1.29, 1.82) is 0 Å². The summed E-state index contributed by atoms with van der Waals surface area (Å²) in [4.78, 5) is -0.148. The van der Waals surface area contributed by atoms with Gasteiger partial charge < -0.3 is 11.0 Å². The van der Waals surface area contributed by atoms with Gasteiger partial charge in [0.2, 0.25) is 0 Å². The van der Waals surface area contributed by atoms with E-state index in [0.717, 1.165) is 0 Å². The Labute approximate surface area is 128 Å². The Morgan fingerprint density at radius 2 is 0.773 bits per heavy atom. The Bertz CT molecular complexity index is 673. The molecule has 2 rings (SSSR count). The van der Waals surface area contributed by atoms with Crippen molar-refractivity contribution in [2.45, 2.75) is 9.79 Å². The standard InChI is InChI=1S/2C6H6O3S.2H2O/c2*7-10(8,9)6-4-2-1-3-5-6;;/h2*1-5H,(H,7,8,9);2*1H2. The number of benzene rings is 2. The highest BCUT2D eigenvalue weighted by Gasteiger charge is 2.06. The minimum atomic E-state index is -4.00. The summed E-state index contributed by atoms with van der Waals surface area (Å²) in [6.07, 6.45) is 0. The van der Waals surface area contributed by atoms with E-state index in [2.05, 4.69) is 0 Å². The summed E-state index contributed by atoms with van der Waals surface area (Å²) < 4.78 is 58.5. The molecule has 0 radical (unpaired) electrons. The van der Waals surface area contributed by atoms with Crippen LogP contribution in [0.25, 0.3) is 0 Å². The largest absolute Gasteiger partial charge is 0.412 e. The van der Waals surface area contributed by atoms with E-state index in [1.807, 2.05) is 0 Å². The van der Waals surface area contributed by atoms with Gasteiger partial charge in [0.1, 0.15) is 0 Å². The molecule has 10 heteroatoms. The number of hydrogen-bond acceptors (Lipinski definition) is 4. The molecule has 0 heterocycles. The van der Waals surface area contributed by atoms with Crippen LogP contribution in [0, 0.1) is 0 Å². The molecule has 0 bridgehead atoms. The van der Waals surface area contributed by atoms with E-state index in [9.17, 15) is 16.8 Å². The quantitative estimate of drug-likeness (QED) is 0.731. The van der Waals surface area contributed by atoms with Crippen molar-refractivity contribution in [2.75, 3.05) is 0 Å². The molecule has 0 aliphatic heterocycles. The minimum absolute atomic E-state index is 0. The van der Waals surface area contributed by atoms with Crippen LogP contribution in [0.1, 0.15) is 0 Å². The summed E-state index contributed by atoms with van der Waals surface area (Å²) in [6.45, 7) is 0. The third-order valence-electron chi connectivity index (χ3n) is 2.08. The SMILES string of the molecule is O.O.O=S(=O)(O)c1ccccc1.O=S(=O)(O)c1ccccc1. The first-order valence-corrected chi connectivity index (χ1v) is 8.14. The molecule has 124 valence electrons. The molecule has 0 aliphatic rings. The van der Waals surface area contributed by atoms with Crippen LogP contribution in [0.4, 0.5) is 0 Å². The Hall–Kier alpha value is -1.82. The highest BCUT2D eigenvalue weighted by molar-refractivity contribution is 7.86. The molecule has 6 N–H and O–H groups in total. The first-order valence-electron chi connectivity index (χ1n) is 5.26. The van der Waals surface area contributed by atoms with Gasteiger partial charge in [0.15, 0.2) is 0 Å². The molecule has 0 fully saturated rings. The summed E-state index contributed by atoms with van der Waals surface area (Å²) in [5.74, 6) is 0. The van der Waals surface area contributed by atoms with Crippen LogP contribution in [0.5, 0.6) is 0 Å². The van der Waals surface area contributed by atoms with Crippen molar-refractivity contribution in [3.8, 4) is 0 Å². The van der Waals surface area contributed by atoms with Crippen molar-refractivity contribution < 1.29 is 36.9 Å². The van der Waals surface area contributed by atoms with Gasteiger partial charge in [-0.2, -0.15) is 16.8 Å². The van der Waals surface area contributed by atoms with Gasteiger partial charge in [-0.25, -0.2) is 0 Å². The zero-order valence-corrected chi connectivity index (χ0v) is 12.8. The maximum atomic E-state index is 10.4. The van der Waals surface area contributed by atoms with Gasteiger partial charge in [-0.3, -0.25) is 9.11 Å². The molecule has 0 saturated heterocycles. The normalized spacial score (nSPS) is 10.3. The molecule has 22 heavy (non-hydrogen) atoms. The number of hydrogen-bond donors (Lipinski definition) is 2. The van der Waals surface area contributed by atoms with Crippen molar-refractivity contribution in [3.05, 3.63) is 60.7 Å². The average Bonchev–Trinajstić information content (AvgIpc) is 2.40. The van der Waals surface area contributed by atoms with E-state index in [1.54, 1.807) is 36.4 Å². The third kappa shape index (κ3) is 7.83. The van der Waals surface area contributed by atoms with Crippen LogP contribution in [0.3, 0.4) is 0 Å². The van der Waals surface area contributed by atoms with Gasteiger partial charge in [0, 0.05) is 0 Å². The Kier molecular flexibility index (Phi) is 9.44. The van der Waals surface area contributed by atoms with Gasteiger partial charge in [0.25, 0.3) is 20.2 Å². The van der Waals surface area contributed by atoms with Crippen molar-refractivity contribution in [1.82, 2.24) is 0 Å². The predicted molar refractivity (Wildman–Crippen MR) is 79.7 cm³/mol. The fraction of sp³-hybridized carbons (Fsp3) is 0. The average molecular weight is 352 g/mol. The molecule has 0 aromatic heterocycles. The molecule has 0 saturated carbocycles. The second-order valence-corrected chi connectivity index (χ2v) is 6.42. The summed E-state index contributed by atoms with van der Waals surface area (Å²) >= 11 is 0. The molecule has 0 spiro atoms. The maximum Gasteiger partial charge on any atom is 0.294 e. The van der Waals surface area contributed by atoms with E-state index in [0.29, 0.717) is 0 Å². The van der Waals surface area contributed by atoms with Crippen LogP contribution in [-0.4, -0.2) is 36.9 Å². The lowest BCUT2D eigenvalue weighted by atomic mass is 10.4. The van der Waals surface area contributed by atoms with Gasteiger partial charge in [-0.15, -0.1) is 0 Å². The zero-order valence-electron chi connectivity index (χ0n) is 11.1. The molecule has 0 amide bonds. The Morgan fingerprint density at radius 1 is 0.545 bits per heavy atom. The first kappa shape index (κ1) is 22.5. The highest BCUT2D eigenvalue weighted by Crippen LogP contribution is 2.05. The van der Waals surface area contributed by atoms with Crippen LogP contribution >= 0.6 is 0 Å². The molecule has 0 atom stereocenters. The fourth-order valence-electron chi connectivity index (χ4n) is 1.18. The smallest absolute Gasteiger partial charge is 0.294 e. The van der Waals surface area contributed by atoms with Crippen molar-refractivity contribution in [3.63, 3.8) is 0 Å². The topological polar surface area (TPSA) is 172 Å². The Balaban J connectivity index is 0. The molecule has 8 nitrogen and oxygen atoms in total. The summed E-state index contributed by atoms with van der Waals surface area (Å²) in [6, 6.07) is 14.8. The van der Waals surface area contributed by atoms with Crippen molar-refractivity contribution in [2.24, 2.45) is 0 Å². The van der Waals surface area contributed by atoms with Crippen molar-refractivity contribution >= 4 is 20.2 Å². The van der Waals surface area contributed by atoms with E-state index in [1.165, 1.54) is 24.3 Å². The molecular formula is C12H16O8S2. The number of rotatable bonds is 2. The van der Waals surface area contributed by atoms with Gasteiger partial charge in [-0.05, 0) is 24.3 Å². The molecule has 2 aromatic rings. The van der Waals surface area contributed by atoms with Crippen LogP contribution < -0.4 is 0 Å². The molecule has 0 aliphatic carbocycles. The minimum Gasteiger partial charge on any atom is -0.412 e. The van der Waals surface area contributed by atoms with E-state index in [-0.39, 0.29) is 20.7 Å². The molecule has 0 unspecified atom stereocenters. The first-order chi connectivity index (χ1) is 9.21. The van der Waals surface area contributed by atoms with Crippen LogP contribution in [0.2, 0.25) is 0 Å². The molecular weight excluding hydrogens is 336 g/mol. The second kappa shape index (κ2) is 9.25. The van der Waals surface area contributed by atoms with Gasteiger partial charge >= 0.3 is 0 Å². The summed E-state index contributed by atoms with van der Waals surface area (Å²) in [7, 11) is -8.01. The Morgan fingerprint density at radius 3 is 0.909 bits per heavy atom. The van der Waals surface area contributed by atoms with Gasteiger partial charge in [0.05, 0.1) is 9.79 Å². The van der Waals surface area contributed by atoms with E-state index in [4.69, 9.17) is 9.11 Å². The highest BCUT2D eigenvalue weighted by atomic mass is 32.2. The summed E-state index contributed by atoms with van der Waals surface area (Å²) in [5.41, 5.74) is 0. The molecule has 2 aromatic carbocycles. The van der Waals surface area contributed by atoms with E-state index < -0.39 is 20.2 Å². The second-order valence-electron chi connectivity index (χ2n) is 3.58.